The highest BCUT2D eigenvalue weighted by Crippen LogP contribution is 2.37. The first-order chi connectivity index (χ1) is 9.16. The van der Waals surface area contributed by atoms with E-state index in [-0.39, 0.29) is 0 Å². The molecule has 0 saturated carbocycles. The third-order valence-corrected chi connectivity index (χ3v) is 4.07. The van der Waals surface area contributed by atoms with Gasteiger partial charge in [-0.25, -0.2) is 9.97 Å². The Hall–Kier alpha value is -1.65. The van der Waals surface area contributed by atoms with Crippen LogP contribution in [0.1, 0.15) is 0 Å². The quantitative estimate of drug-likeness (QED) is 0.712. The first kappa shape index (κ1) is 12.4. The smallest absolute Gasteiger partial charge is 0.140 e. The molecule has 2 heterocycles. The lowest BCUT2D eigenvalue weighted by molar-refractivity contribution is 1.06. The first-order valence-electron chi connectivity index (χ1n) is 5.82. The summed E-state index contributed by atoms with van der Waals surface area (Å²) < 4.78 is 0. The summed E-state index contributed by atoms with van der Waals surface area (Å²) in [6, 6.07) is 7.85. The normalized spacial score (nSPS) is 10.9. The summed E-state index contributed by atoms with van der Waals surface area (Å²) in [5.41, 5.74) is 2.29. The van der Waals surface area contributed by atoms with Crippen molar-refractivity contribution in [1.29, 1.82) is 0 Å². The van der Waals surface area contributed by atoms with Crippen LogP contribution in [0, 0.1) is 0 Å². The molecule has 0 unspecified atom stereocenters. The Bertz CT molecular complexity index is 719. The van der Waals surface area contributed by atoms with E-state index in [4.69, 9.17) is 11.6 Å². The monoisotopic (exact) mass is 289 g/mol. The van der Waals surface area contributed by atoms with Gasteiger partial charge in [0.25, 0.3) is 0 Å². The number of halogens is 1. The molecule has 3 aromatic rings. The molecule has 19 heavy (non-hydrogen) atoms. The molecule has 5 heteroatoms. The average Bonchev–Trinajstić information content (AvgIpc) is 2.83. The van der Waals surface area contributed by atoms with Crippen molar-refractivity contribution in [2.24, 2.45) is 0 Å². The molecule has 0 N–H and O–H groups in total. The van der Waals surface area contributed by atoms with Crippen LogP contribution in [0.25, 0.3) is 21.3 Å². The molecule has 0 aliphatic heterocycles. The maximum absolute atomic E-state index is 5.94. The van der Waals surface area contributed by atoms with Gasteiger partial charge in [0.15, 0.2) is 0 Å². The molecule has 1 aromatic carbocycles. The number of anilines is 1. The molecular weight excluding hydrogens is 278 g/mol. The van der Waals surface area contributed by atoms with Crippen molar-refractivity contribution in [3.05, 3.63) is 41.0 Å². The third kappa shape index (κ3) is 2.17. The lowest BCUT2D eigenvalue weighted by Crippen LogP contribution is -2.11. The minimum atomic E-state index is 0.743. The highest BCUT2D eigenvalue weighted by molar-refractivity contribution is 7.17. The van der Waals surface area contributed by atoms with Crippen LogP contribution in [0.5, 0.6) is 0 Å². The largest absolute Gasteiger partial charge is 0.362 e. The second-order valence-corrected chi connectivity index (χ2v) is 5.72. The molecule has 0 aliphatic rings. The average molecular weight is 290 g/mol. The maximum Gasteiger partial charge on any atom is 0.140 e. The Kier molecular flexibility index (Phi) is 3.12. The topological polar surface area (TPSA) is 29.0 Å². The van der Waals surface area contributed by atoms with Gasteiger partial charge in [-0.1, -0.05) is 23.7 Å². The van der Waals surface area contributed by atoms with Crippen LogP contribution in [-0.2, 0) is 0 Å². The predicted molar refractivity (Wildman–Crippen MR) is 82.2 cm³/mol. The Morgan fingerprint density at radius 1 is 1.11 bits per heavy atom. The Balaban J connectivity index is 2.27. The second kappa shape index (κ2) is 4.79. The lowest BCUT2D eigenvalue weighted by atomic mass is 10.1. The number of hydrogen-bond acceptors (Lipinski definition) is 4. The number of thiophene rings is 1. The lowest BCUT2D eigenvalue weighted by Gasteiger charge is -2.13. The van der Waals surface area contributed by atoms with Crippen molar-refractivity contribution >= 4 is 39.0 Å². The Labute approximate surface area is 120 Å². The van der Waals surface area contributed by atoms with Gasteiger partial charge in [-0.3, -0.25) is 0 Å². The van der Waals surface area contributed by atoms with Gasteiger partial charge in [-0.15, -0.1) is 11.3 Å². The summed E-state index contributed by atoms with van der Waals surface area (Å²) in [6.45, 7) is 0. The van der Waals surface area contributed by atoms with Crippen molar-refractivity contribution in [2.45, 2.75) is 0 Å². The van der Waals surface area contributed by atoms with Crippen molar-refractivity contribution in [1.82, 2.24) is 9.97 Å². The van der Waals surface area contributed by atoms with Crippen LogP contribution in [-0.4, -0.2) is 24.1 Å². The van der Waals surface area contributed by atoms with E-state index in [1.54, 1.807) is 17.7 Å². The van der Waals surface area contributed by atoms with Crippen LogP contribution >= 0.6 is 22.9 Å². The summed E-state index contributed by atoms with van der Waals surface area (Å²) >= 11 is 7.58. The van der Waals surface area contributed by atoms with Crippen molar-refractivity contribution in [3.63, 3.8) is 0 Å². The predicted octanol–water partition coefficient (Wildman–Crippen LogP) is 4.08. The molecule has 0 atom stereocenters. The highest BCUT2D eigenvalue weighted by atomic mass is 35.5. The number of hydrogen-bond donors (Lipinski definition) is 0. The molecule has 0 spiro atoms. The van der Waals surface area contributed by atoms with E-state index in [0.29, 0.717) is 0 Å². The van der Waals surface area contributed by atoms with Gasteiger partial charge in [0.05, 0.1) is 5.39 Å². The SMILES string of the molecule is CN(C)c1ncnc2scc(-c3ccc(Cl)cc3)c12. The van der Waals surface area contributed by atoms with E-state index in [0.717, 1.165) is 32.2 Å². The zero-order chi connectivity index (χ0) is 13.4. The summed E-state index contributed by atoms with van der Waals surface area (Å²) in [6.07, 6.45) is 1.61. The van der Waals surface area contributed by atoms with Crippen LogP contribution in [0.15, 0.2) is 36.0 Å². The minimum Gasteiger partial charge on any atom is -0.362 e. The first-order valence-corrected chi connectivity index (χ1v) is 7.08. The molecule has 0 saturated heterocycles. The summed E-state index contributed by atoms with van der Waals surface area (Å²) in [7, 11) is 3.98. The fraction of sp³-hybridized carbons (Fsp3) is 0.143. The number of nitrogens with zero attached hydrogens (tertiary/aromatic N) is 3. The fourth-order valence-electron chi connectivity index (χ4n) is 2.04. The van der Waals surface area contributed by atoms with Gasteiger partial charge in [-0.2, -0.15) is 0 Å². The van der Waals surface area contributed by atoms with Crippen molar-refractivity contribution < 1.29 is 0 Å². The number of fused-ring (bicyclic) bond motifs is 1. The number of benzene rings is 1. The summed E-state index contributed by atoms with van der Waals surface area (Å²) in [5.74, 6) is 0.941. The molecule has 0 aliphatic carbocycles. The van der Waals surface area contributed by atoms with E-state index in [1.165, 1.54) is 0 Å². The van der Waals surface area contributed by atoms with Crippen LogP contribution in [0.2, 0.25) is 5.02 Å². The molecule has 0 amide bonds. The number of rotatable bonds is 2. The maximum atomic E-state index is 5.94. The van der Waals surface area contributed by atoms with Crippen LogP contribution in [0.4, 0.5) is 5.82 Å². The van der Waals surface area contributed by atoms with E-state index in [9.17, 15) is 0 Å². The van der Waals surface area contributed by atoms with E-state index in [1.807, 2.05) is 43.3 Å². The standard InChI is InChI=1S/C14H12ClN3S/c1-18(2)13-12-11(7-19-14(12)17-8-16-13)9-3-5-10(15)6-4-9/h3-8H,1-2H3. The zero-order valence-electron chi connectivity index (χ0n) is 10.6. The van der Waals surface area contributed by atoms with Crippen LogP contribution in [0.3, 0.4) is 0 Å². The molecule has 2 aromatic heterocycles. The van der Waals surface area contributed by atoms with Gasteiger partial charge in [0.2, 0.25) is 0 Å². The van der Waals surface area contributed by atoms with E-state index >= 15 is 0 Å². The van der Waals surface area contributed by atoms with Gasteiger partial charge < -0.3 is 4.90 Å². The van der Waals surface area contributed by atoms with Gasteiger partial charge in [-0.05, 0) is 17.7 Å². The van der Waals surface area contributed by atoms with Gasteiger partial charge in [0, 0.05) is 30.1 Å². The molecule has 3 rings (SSSR count). The molecule has 96 valence electrons. The minimum absolute atomic E-state index is 0.743. The molecular formula is C14H12ClN3S. The fourth-order valence-corrected chi connectivity index (χ4v) is 3.08. The third-order valence-electron chi connectivity index (χ3n) is 2.93. The summed E-state index contributed by atoms with van der Waals surface area (Å²) in [4.78, 5) is 11.7. The van der Waals surface area contributed by atoms with Crippen molar-refractivity contribution in [2.75, 3.05) is 19.0 Å². The van der Waals surface area contributed by atoms with Gasteiger partial charge in [0.1, 0.15) is 17.0 Å². The molecule has 0 fully saturated rings. The zero-order valence-corrected chi connectivity index (χ0v) is 12.2. The van der Waals surface area contributed by atoms with E-state index in [2.05, 4.69) is 15.3 Å². The number of aromatic nitrogens is 2. The van der Waals surface area contributed by atoms with E-state index < -0.39 is 0 Å². The Morgan fingerprint density at radius 2 is 1.84 bits per heavy atom. The molecule has 0 radical (unpaired) electrons. The van der Waals surface area contributed by atoms with Gasteiger partial charge >= 0.3 is 0 Å². The molecule has 0 bridgehead atoms. The van der Waals surface area contributed by atoms with Crippen LogP contribution < -0.4 is 4.90 Å². The highest BCUT2D eigenvalue weighted by Gasteiger charge is 2.13. The second-order valence-electron chi connectivity index (χ2n) is 4.43. The molecule has 3 nitrogen and oxygen atoms in total. The Morgan fingerprint density at radius 3 is 2.53 bits per heavy atom. The summed E-state index contributed by atoms with van der Waals surface area (Å²) in [5, 5.41) is 3.96. The van der Waals surface area contributed by atoms with Crippen molar-refractivity contribution in [3.8, 4) is 11.1 Å².